The van der Waals surface area contributed by atoms with Gasteiger partial charge in [0.15, 0.2) is 0 Å². The molecule has 20 heavy (non-hydrogen) atoms. The standard InChI is InChI=1S/C14H14BrF3O2/c15-9-4-5-10(11(8-9)14(16,17)18)13(12(19)20)6-2-1-3-7-13/h4-5,8H,1-3,6-7H2,(H,19,20). The Morgan fingerprint density at radius 1 is 1.20 bits per heavy atom. The molecular formula is C14H14BrF3O2. The summed E-state index contributed by atoms with van der Waals surface area (Å²) < 4.78 is 39.9. The van der Waals surface area contributed by atoms with Gasteiger partial charge in [0.05, 0.1) is 11.0 Å². The van der Waals surface area contributed by atoms with Crippen LogP contribution < -0.4 is 0 Å². The molecule has 0 saturated heterocycles. The summed E-state index contributed by atoms with van der Waals surface area (Å²) in [5.74, 6) is -1.16. The highest BCUT2D eigenvalue weighted by atomic mass is 79.9. The van der Waals surface area contributed by atoms with Gasteiger partial charge in [-0.1, -0.05) is 41.3 Å². The summed E-state index contributed by atoms with van der Waals surface area (Å²) >= 11 is 3.02. The lowest BCUT2D eigenvalue weighted by Crippen LogP contribution is -2.39. The fourth-order valence-corrected chi connectivity index (χ4v) is 3.28. The molecule has 0 amide bonds. The van der Waals surface area contributed by atoms with Crippen LogP contribution in [0.2, 0.25) is 0 Å². The predicted octanol–water partition coefficient (Wildman–Crippen LogP) is 4.75. The Morgan fingerprint density at radius 3 is 2.30 bits per heavy atom. The van der Waals surface area contributed by atoms with E-state index in [2.05, 4.69) is 15.9 Å². The second kappa shape index (κ2) is 5.39. The molecule has 0 spiro atoms. The molecule has 6 heteroatoms. The van der Waals surface area contributed by atoms with E-state index in [1.807, 2.05) is 0 Å². The van der Waals surface area contributed by atoms with Crippen molar-refractivity contribution in [2.24, 2.45) is 0 Å². The molecule has 2 nitrogen and oxygen atoms in total. The highest BCUT2D eigenvalue weighted by Crippen LogP contribution is 2.45. The third-order valence-corrected chi connectivity index (χ3v) is 4.41. The van der Waals surface area contributed by atoms with Crippen molar-refractivity contribution < 1.29 is 23.1 Å². The van der Waals surface area contributed by atoms with Crippen molar-refractivity contribution in [1.29, 1.82) is 0 Å². The summed E-state index contributed by atoms with van der Waals surface area (Å²) in [6.45, 7) is 0. The lowest BCUT2D eigenvalue weighted by molar-refractivity contribution is -0.147. The zero-order valence-electron chi connectivity index (χ0n) is 10.6. The van der Waals surface area contributed by atoms with E-state index >= 15 is 0 Å². The lowest BCUT2D eigenvalue weighted by Gasteiger charge is -2.35. The molecule has 2 rings (SSSR count). The molecule has 0 unspecified atom stereocenters. The first-order valence-corrected chi connectivity index (χ1v) is 7.17. The molecule has 1 aromatic rings. The quantitative estimate of drug-likeness (QED) is 0.835. The Labute approximate surface area is 123 Å². The number of alkyl halides is 3. The van der Waals surface area contributed by atoms with Crippen molar-refractivity contribution >= 4 is 21.9 Å². The highest BCUT2D eigenvalue weighted by molar-refractivity contribution is 9.10. The first-order chi connectivity index (χ1) is 9.27. The zero-order valence-corrected chi connectivity index (χ0v) is 12.2. The number of carboxylic acids is 1. The first-order valence-electron chi connectivity index (χ1n) is 6.38. The van der Waals surface area contributed by atoms with Gasteiger partial charge in [0.1, 0.15) is 0 Å². The van der Waals surface area contributed by atoms with Crippen LogP contribution >= 0.6 is 15.9 Å². The Morgan fingerprint density at radius 2 is 1.80 bits per heavy atom. The van der Waals surface area contributed by atoms with E-state index < -0.39 is 23.1 Å². The molecule has 0 atom stereocenters. The molecule has 0 aromatic heterocycles. The van der Waals surface area contributed by atoms with E-state index in [0.29, 0.717) is 17.3 Å². The van der Waals surface area contributed by atoms with Crippen LogP contribution in [0.25, 0.3) is 0 Å². The van der Waals surface area contributed by atoms with Gasteiger partial charge in [0.2, 0.25) is 0 Å². The molecule has 1 aliphatic carbocycles. The number of hydrogen-bond acceptors (Lipinski definition) is 1. The highest BCUT2D eigenvalue weighted by Gasteiger charge is 2.47. The number of carboxylic acid groups (broad SMARTS) is 1. The Hall–Kier alpha value is -1.04. The average Bonchev–Trinajstić information content (AvgIpc) is 2.38. The summed E-state index contributed by atoms with van der Waals surface area (Å²) in [5.41, 5.74) is -2.37. The summed E-state index contributed by atoms with van der Waals surface area (Å²) in [6.07, 6.45) is -1.90. The summed E-state index contributed by atoms with van der Waals surface area (Å²) in [7, 11) is 0. The third kappa shape index (κ3) is 2.71. The van der Waals surface area contributed by atoms with Crippen molar-refractivity contribution in [3.63, 3.8) is 0 Å². The van der Waals surface area contributed by atoms with Crippen LogP contribution in [0.3, 0.4) is 0 Å². The normalized spacial score (nSPS) is 18.8. The van der Waals surface area contributed by atoms with E-state index in [0.717, 1.165) is 12.5 Å². The molecule has 0 radical (unpaired) electrons. The minimum absolute atomic E-state index is 0.111. The Bertz CT molecular complexity index is 520. The van der Waals surface area contributed by atoms with Gasteiger partial charge in [-0.3, -0.25) is 4.79 Å². The molecule has 0 aliphatic heterocycles. The van der Waals surface area contributed by atoms with E-state index in [9.17, 15) is 23.1 Å². The van der Waals surface area contributed by atoms with Gasteiger partial charge < -0.3 is 5.11 Å². The Kier molecular flexibility index (Phi) is 4.14. The maximum Gasteiger partial charge on any atom is 0.416 e. The molecular weight excluding hydrogens is 337 g/mol. The minimum atomic E-state index is -4.56. The predicted molar refractivity (Wildman–Crippen MR) is 71.5 cm³/mol. The maximum absolute atomic E-state index is 13.2. The molecule has 1 fully saturated rings. The van der Waals surface area contributed by atoms with E-state index in [1.54, 1.807) is 0 Å². The molecule has 1 saturated carbocycles. The van der Waals surface area contributed by atoms with Crippen LogP contribution in [0.1, 0.15) is 43.2 Å². The van der Waals surface area contributed by atoms with Crippen molar-refractivity contribution in [2.45, 2.75) is 43.7 Å². The summed E-state index contributed by atoms with van der Waals surface area (Å²) in [6, 6.07) is 3.74. The smallest absolute Gasteiger partial charge is 0.416 e. The van der Waals surface area contributed by atoms with Crippen molar-refractivity contribution in [1.82, 2.24) is 0 Å². The number of halogens is 4. The van der Waals surface area contributed by atoms with E-state index in [-0.39, 0.29) is 18.4 Å². The number of hydrogen-bond donors (Lipinski definition) is 1. The third-order valence-electron chi connectivity index (χ3n) is 3.92. The van der Waals surface area contributed by atoms with Crippen LogP contribution in [0, 0.1) is 0 Å². The number of aliphatic carboxylic acids is 1. The van der Waals surface area contributed by atoms with E-state index in [1.165, 1.54) is 12.1 Å². The monoisotopic (exact) mass is 350 g/mol. The zero-order chi connectivity index (χ0) is 15.0. The van der Waals surface area contributed by atoms with Gasteiger partial charge in [-0.2, -0.15) is 13.2 Å². The van der Waals surface area contributed by atoms with Crippen LogP contribution in [-0.4, -0.2) is 11.1 Å². The van der Waals surface area contributed by atoms with Crippen LogP contribution in [0.5, 0.6) is 0 Å². The van der Waals surface area contributed by atoms with Crippen molar-refractivity contribution in [2.75, 3.05) is 0 Å². The lowest BCUT2D eigenvalue weighted by atomic mass is 9.68. The van der Waals surface area contributed by atoms with Crippen molar-refractivity contribution in [3.05, 3.63) is 33.8 Å². The molecule has 110 valence electrons. The number of carbonyl (C=O) groups is 1. The van der Waals surface area contributed by atoms with Gasteiger partial charge >= 0.3 is 12.1 Å². The van der Waals surface area contributed by atoms with Gasteiger partial charge in [0.25, 0.3) is 0 Å². The number of rotatable bonds is 2. The van der Waals surface area contributed by atoms with Gasteiger partial charge in [-0.05, 0) is 30.5 Å². The van der Waals surface area contributed by atoms with Crippen LogP contribution in [-0.2, 0) is 16.4 Å². The molecule has 1 N–H and O–H groups in total. The topological polar surface area (TPSA) is 37.3 Å². The van der Waals surface area contributed by atoms with Crippen LogP contribution in [0.15, 0.2) is 22.7 Å². The minimum Gasteiger partial charge on any atom is -0.481 e. The molecule has 1 aromatic carbocycles. The fraction of sp³-hybridized carbons (Fsp3) is 0.500. The van der Waals surface area contributed by atoms with Crippen molar-refractivity contribution in [3.8, 4) is 0 Å². The maximum atomic E-state index is 13.2. The second-order valence-electron chi connectivity index (χ2n) is 5.14. The van der Waals surface area contributed by atoms with E-state index in [4.69, 9.17) is 0 Å². The van der Waals surface area contributed by atoms with Gasteiger partial charge in [0, 0.05) is 4.47 Å². The summed E-state index contributed by atoms with van der Waals surface area (Å²) in [5, 5.41) is 9.52. The van der Waals surface area contributed by atoms with Gasteiger partial charge in [-0.25, -0.2) is 0 Å². The molecule has 1 aliphatic rings. The SMILES string of the molecule is O=C(O)C1(c2ccc(Br)cc2C(F)(F)F)CCCCC1. The Balaban J connectivity index is 2.62. The van der Waals surface area contributed by atoms with Crippen LogP contribution in [0.4, 0.5) is 13.2 Å². The first kappa shape index (κ1) is 15.4. The number of benzene rings is 1. The largest absolute Gasteiger partial charge is 0.481 e. The molecule has 0 heterocycles. The summed E-state index contributed by atoms with van der Waals surface area (Å²) in [4.78, 5) is 11.7. The van der Waals surface area contributed by atoms with Gasteiger partial charge in [-0.15, -0.1) is 0 Å². The average molecular weight is 351 g/mol. The fourth-order valence-electron chi connectivity index (χ4n) is 2.92. The second-order valence-corrected chi connectivity index (χ2v) is 6.05. The molecule has 0 bridgehead atoms.